The summed E-state index contributed by atoms with van der Waals surface area (Å²) in [7, 11) is 3.43. The number of benzene rings is 1. The zero-order valence-corrected chi connectivity index (χ0v) is 6.80. The van der Waals surface area contributed by atoms with Crippen molar-refractivity contribution in [3.8, 4) is 0 Å². The van der Waals surface area contributed by atoms with E-state index in [4.69, 9.17) is 0 Å². The molecule has 0 aromatic heterocycles. The van der Waals surface area contributed by atoms with Crippen LogP contribution in [0.3, 0.4) is 0 Å². The summed E-state index contributed by atoms with van der Waals surface area (Å²) in [6.07, 6.45) is 1.85. The van der Waals surface area contributed by atoms with Crippen LogP contribution in [0.25, 0.3) is 6.08 Å². The van der Waals surface area contributed by atoms with Gasteiger partial charge in [0.1, 0.15) is 0 Å². The van der Waals surface area contributed by atoms with Gasteiger partial charge in [-0.15, -0.1) is 0 Å². The highest BCUT2D eigenvalue weighted by molar-refractivity contribution is 6.08. The molecule has 0 saturated heterocycles. The lowest BCUT2D eigenvalue weighted by Crippen LogP contribution is -1.82. The van der Waals surface area contributed by atoms with Gasteiger partial charge < -0.3 is 0 Å². The van der Waals surface area contributed by atoms with Crippen molar-refractivity contribution >= 4 is 16.3 Å². The van der Waals surface area contributed by atoms with Crippen molar-refractivity contribution in [1.29, 1.82) is 0 Å². The van der Waals surface area contributed by atoms with Gasteiger partial charge in [-0.25, -0.2) is 0 Å². The monoisotopic (exact) mass is 145 g/mol. The van der Waals surface area contributed by atoms with E-state index in [1.807, 2.05) is 18.2 Å². The SMILES string of the molecule is C=Cc1cccc(C[Si])c1. The number of hydrogen-bond donors (Lipinski definition) is 0. The maximum Gasteiger partial charge on any atom is 0.0283 e. The quantitative estimate of drug-likeness (QED) is 0.558. The van der Waals surface area contributed by atoms with Crippen LogP contribution in [-0.2, 0) is 6.04 Å². The Bertz CT molecular complexity index is 228. The third-order valence-corrected chi connectivity index (χ3v) is 1.80. The molecule has 0 bridgehead atoms. The summed E-state index contributed by atoms with van der Waals surface area (Å²) in [6.45, 7) is 3.69. The molecule has 0 aliphatic heterocycles. The average molecular weight is 145 g/mol. The number of hydrogen-bond acceptors (Lipinski definition) is 0. The minimum atomic E-state index is 0.904. The van der Waals surface area contributed by atoms with E-state index < -0.39 is 0 Å². The fraction of sp³-hybridized carbons (Fsp3) is 0.111. The van der Waals surface area contributed by atoms with Crippen LogP contribution in [-0.4, -0.2) is 10.2 Å². The Labute approximate surface area is 65.0 Å². The summed E-state index contributed by atoms with van der Waals surface area (Å²) in [5.41, 5.74) is 2.46. The summed E-state index contributed by atoms with van der Waals surface area (Å²) in [5, 5.41) is 0. The van der Waals surface area contributed by atoms with Crippen molar-refractivity contribution < 1.29 is 0 Å². The topological polar surface area (TPSA) is 0 Å². The maximum absolute atomic E-state index is 3.69. The van der Waals surface area contributed by atoms with Crippen molar-refractivity contribution in [1.82, 2.24) is 0 Å². The Hall–Kier alpha value is -0.823. The molecule has 1 heteroatoms. The molecule has 0 aliphatic rings. The lowest BCUT2D eigenvalue weighted by Gasteiger charge is -1.96. The van der Waals surface area contributed by atoms with Crippen LogP contribution < -0.4 is 0 Å². The molecule has 0 fully saturated rings. The van der Waals surface area contributed by atoms with Gasteiger partial charge in [0.25, 0.3) is 0 Å². The molecule has 0 amide bonds. The van der Waals surface area contributed by atoms with Crippen molar-refractivity contribution in [3.05, 3.63) is 42.0 Å². The van der Waals surface area contributed by atoms with Crippen LogP contribution in [0.4, 0.5) is 0 Å². The highest BCUT2D eigenvalue weighted by Crippen LogP contribution is 2.05. The molecule has 0 atom stereocenters. The van der Waals surface area contributed by atoms with E-state index in [1.54, 1.807) is 0 Å². The molecule has 0 spiro atoms. The van der Waals surface area contributed by atoms with E-state index in [0.29, 0.717) is 0 Å². The largest absolute Gasteiger partial charge is 0.0985 e. The molecule has 0 heterocycles. The van der Waals surface area contributed by atoms with Gasteiger partial charge in [0.15, 0.2) is 0 Å². The van der Waals surface area contributed by atoms with Crippen molar-refractivity contribution in [2.75, 3.05) is 0 Å². The third kappa shape index (κ3) is 1.58. The Morgan fingerprint density at radius 1 is 1.50 bits per heavy atom. The summed E-state index contributed by atoms with van der Waals surface area (Å²) >= 11 is 0. The Morgan fingerprint density at radius 3 is 2.90 bits per heavy atom. The molecule has 0 N–H and O–H groups in total. The van der Waals surface area contributed by atoms with Gasteiger partial charge in [-0.05, 0) is 11.6 Å². The molecule has 0 saturated carbocycles. The summed E-state index contributed by atoms with van der Waals surface area (Å²) in [4.78, 5) is 0. The molecule has 49 valence electrons. The van der Waals surface area contributed by atoms with E-state index >= 15 is 0 Å². The van der Waals surface area contributed by atoms with E-state index in [9.17, 15) is 0 Å². The normalized spacial score (nSPS) is 9.30. The van der Waals surface area contributed by atoms with Crippen molar-refractivity contribution in [2.45, 2.75) is 6.04 Å². The average Bonchev–Trinajstić information content (AvgIpc) is 2.05. The molecule has 0 unspecified atom stereocenters. The lowest BCUT2D eigenvalue weighted by molar-refractivity contribution is 1.39. The molecule has 0 aliphatic carbocycles. The smallest absolute Gasteiger partial charge is 0.0283 e. The second kappa shape index (κ2) is 3.37. The van der Waals surface area contributed by atoms with Crippen LogP contribution in [0.1, 0.15) is 11.1 Å². The van der Waals surface area contributed by atoms with Gasteiger partial charge >= 0.3 is 0 Å². The van der Waals surface area contributed by atoms with Gasteiger partial charge in [0.2, 0.25) is 0 Å². The zero-order chi connectivity index (χ0) is 7.40. The van der Waals surface area contributed by atoms with E-state index in [1.165, 1.54) is 11.1 Å². The highest BCUT2D eigenvalue weighted by Gasteiger charge is 1.87. The standard InChI is InChI=1S/C9H9Si/c1-2-8-4-3-5-9(6-8)7-10/h2-6H,1,7H2. The summed E-state index contributed by atoms with van der Waals surface area (Å²) < 4.78 is 0. The Kier molecular flexibility index (Phi) is 2.46. The van der Waals surface area contributed by atoms with Crippen LogP contribution >= 0.6 is 0 Å². The summed E-state index contributed by atoms with van der Waals surface area (Å²) in [6, 6.07) is 9.17. The number of rotatable bonds is 2. The second-order valence-electron chi connectivity index (χ2n) is 2.13. The first-order valence-electron chi connectivity index (χ1n) is 3.23. The molecular formula is C9H9Si. The second-order valence-corrected chi connectivity index (χ2v) is 2.48. The van der Waals surface area contributed by atoms with Gasteiger partial charge in [-0.2, -0.15) is 0 Å². The lowest BCUT2D eigenvalue weighted by atomic mass is 10.1. The first kappa shape index (κ1) is 7.29. The van der Waals surface area contributed by atoms with Gasteiger partial charge in [0.05, 0.1) is 0 Å². The fourth-order valence-corrected chi connectivity index (χ4v) is 1.05. The predicted molar refractivity (Wildman–Crippen MR) is 46.0 cm³/mol. The Balaban J connectivity index is 2.98. The van der Waals surface area contributed by atoms with Crippen LogP contribution in [0.5, 0.6) is 0 Å². The fourth-order valence-electron chi connectivity index (χ4n) is 0.830. The Morgan fingerprint density at radius 2 is 2.30 bits per heavy atom. The van der Waals surface area contributed by atoms with Gasteiger partial charge in [-0.3, -0.25) is 0 Å². The molecule has 1 aromatic carbocycles. The van der Waals surface area contributed by atoms with Gasteiger partial charge in [0, 0.05) is 10.2 Å². The van der Waals surface area contributed by atoms with Crippen LogP contribution in [0.2, 0.25) is 0 Å². The first-order chi connectivity index (χ1) is 4.86. The minimum absolute atomic E-state index is 0.904. The maximum atomic E-state index is 3.69. The van der Waals surface area contributed by atoms with Gasteiger partial charge in [-0.1, -0.05) is 42.5 Å². The van der Waals surface area contributed by atoms with Crippen molar-refractivity contribution in [3.63, 3.8) is 0 Å². The first-order valence-corrected chi connectivity index (χ1v) is 3.93. The van der Waals surface area contributed by atoms with E-state index in [2.05, 4.69) is 29.0 Å². The summed E-state index contributed by atoms with van der Waals surface area (Å²) in [5.74, 6) is 0. The third-order valence-electron chi connectivity index (χ3n) is 1.39. The molecule has 0 nitrogen and oxygen atoms in total. The zero-order valence-electron chi connectivity index (χ0n) is 5.80. The molecule has 1 rings (SSSR count). The van der Waals surface area contributed by atoms with E-state index in [-0.39, 0.29) is 0 Å². The van der Waals surface area contributed by atoms with Crippen LogP contribution in [0.15, 0.2) is 30.8 Å². The highest BCUT2D eigenvalue weighted by atomic mass is 28.1. The molecular weight excluding hydrogens is 136 g/mol. The van der Waals surface area contributed by atoms with E-state index in [0.717, 1.165) is 6.04 Å². The minimum Gasteiger partial charge on any atom is -0.0985 e. The van der Waals surface area contributed by atoms with Crippen LogP contribution in [0, 0.1) is 0 Å². The molecule has 10 heavy (non-hydrogen) atoms. The predicted octanol–water partition coefficient (Wildman–Crippen LogP) is 2.00. The van der Waals surface area contributed by atoms with Crippen molar-refractivity contribution in [2.24, 2.45) is 0 Å². The molecule has 1 aromatic rings. The molecule has 3 radical (unpaired) electrons.